The van der Waals surface area contributed by atoms with E-state index in [0.29, 0.717) is 0 Å². The van der Waals surface area contributed by atoms with Crippen LogP contribution in [0.15, 0.2) is 54.6 Å². The van der Waals surface area contributed by atoms with Crippen LogP contribution in [-0.4, -0.2) is 9.97 Å². The van der Waals surface area contributed by atoms with Gasteiger partial charge in [0, 0.05) is 27.7 Å². The van der Waals surface area contributed by atoms with Crippen LogP contribution in [0.25, 0.3) is 43.8 Å². The van der Waals surface area contributed by atoms with Gasteiger partial charge in [0.2, 0.25) is 0 Å². The minimum atomic E-state index is -0.0698. The molecule has 0 aliphatic carbocycles. The van der Waals surface area contributed by atoms with Gasteiger partial charge in [0.05, 0.1) is 11.4 Å². The second-order valence-electron chi connectivity index (χ2n) is 10.6. The number of aryl methyl sites for hydroxylation is 3. The average Bonchev–Trinajstić information content (AvgIpc) is 3.55. The van der Waals surface area contributed by atoms with Crippen LogP contribution in [0, 0.1) is 20.8 Å². The third-order valence-corrected chi connectivity index (χ3v) is 7.63. The largest absolute Gasteiger partial charge is 2.00 e. The van der Waals surface area contributed by atoms with Gasteiger partial charge in [-0.25, -0.2) is 4.98 Å². The molecule has 0 atom stereocenters. The Morgan fingerprint density at radius 1 is 0.784 bits per heavy atom. The van der Waals surface area contributed by atoms with Gasteiger partial charge in [-0.05, 0) is 77.2 Å². The number of rotatable bonds is 1. The Kier molecular flexibility index (Phi) is 6.62. The molecule has 3 aromatic heterocycles. The predicted molar refractivity (Wildman–Crippen MR) is 152 cm³/mol. The molecule has 6 rings (SSSR count). The van der Waals surface area contributed by atoms with Crippen LogP contribution in [0.4, 0.5) is 0 Å². The first-order chi connectivity index (χ1) is 17.2. The molecule has 5 heterocycles. The number of aromatic nitrogens is 4. The number of benzene rings is 1. The van der Waals surface area contributed by atoms with E-state index in [9.17, 15) is 0 Å². The fraction of sp³-hybridized carbons (Fsp3) is 0.226. The van der Waals surface area contributed by atoms with Gasteiger partial charge in [0.1, 0.15) is 0 Å². The van der Waals surface area contributed by atoms with Crippen molar-refractivity contribution < 1.29 is 19.5 Å². The molecule has 0 N–H and O–H groups in total. The molecule has 37 heavy (non-hydrogen) atoms. The Hall–Kier alpha value is -2.82. The van der Waals surface area contributed by atoms with Crippen LogP contribution >= 0.6 is 15.9 Å². The molecule has 2 aliphatic heterocycles. The molecular weight excluding hydrogens is 574 g/mol. The van der Waals surface area contributed by atoms with Crippen LogP contribution in [0.5, 0.6) is 0 Å². The molecule has 0 saturated heterocycles. The maximum atomic E-state index is 5.06. The molecule has 0 radical (unpaired) electrons. The van der Waals surface area contributed by atoms with Crippen molar-refractivity contribution in [1.82, 2.24) is 19.9 Å². The normalized spacial score (nSPS) is 14.3. The zero-order valence-corrected chi connectivity index (χ0v) is 26.4. The Morgan fingerprint density at radius 3 is 2.05 bits per heavy atom. The first-order valence-corrected chi connectivity index (χ1v) is 13.0. The van der Waals surface area contributed by atoms with Crippen LogP contribution in [0.2, 0.25) is 0 Å². The van der Waals surface area contributed by atoms with E-state index in [1.165, 1.54) is 22.3 Å². The SMILES string of the molecule is Cc1cc(C)c(-c2c3ccc(cc4nc(cc5nc(cc6ccc2[n-]6)C(Br)=C5)C(C)(C)C4)[n-]3)c(C)c1.[Zn+2]. The Balaban J connectivity index is 0.00000280. The molecule has 2 aliphatic rings. The van der Waals surface area contributed by atoms with E-state index in [2.05, 4.69) is 105 Å². The molecule has 1 aromatic carbocycles. The van der Waals surface area contributed by atoms with Gasteiger partial charge in [-0.3, -0.25) is 4.98 Å². The molecule has 0 fully saturated rings. The van der Waals surface area contributed by atoms with E-state index < -0.39 is 0 Å². The van der Waals surface area contributed by atoms with Gasteiger partial charge >= 0.3 is 19.5 Å². The summed E-state index contributed by atoms with van der Waals surface area (Å²) in [6, 6.07) is 19.0. The molecule has 0 unspecified atom stereocenters. The van der Waals surface area contributed by atoms with E-state index in [4.69, 9.17) is 19.9 Å². The third-order valence-electron chi connectivity index (χ3n) is 7.00. The van der Waals surface area contributed by atoms with Crippen molar-refractivity contribution in [1.29, 1.82) is 0 Å². The number of hydrogen-bond acceptors (Lipinski definition) is 2. The standard InChI is InChI=1S/C31H27BrN4.Zn/c1-17-10-18(2)29(19(3)11-17)30-25-8-6-20(33-25)12-23-16-31(4,5)28(36-23)15-22-13-24(32)27(35-22)14-21-7-9-26(30)34-21;/h6-15H,16H2,1-5H3;/q-2;+2. The summed E-state index contributed by atoms with van der Waals surface area (Å²) < 4.78 is 0.950. The molecular formula is C31H27BrN4Zn. The van der Waals surface area contributed by atoms with Crippen molar-refractivity contribution in [3.05, 3.63) is 94.1 Å². The minimum Gasteiger partial charge on any atom is -0.657 e. The molecule has 180 valence electrons. The van der Waals surface area contributed by atoms with Gasteiger partial charge in [0.25, 0.3) is 0 Å². The zero-order valence-electron chi connectivity index (χ0n) is 21.9. The van der Waals surface area contributed by atoms with Crippen molar-refractivity contribution in [3.8, 4) is 11.1 Å². The Labute approximate surface area is 238 Å². The summed E-state index contributed by atoms with van der Waals surface area (Å²) in [5, 5.41) is 0. The molecule has 0 amide bonds. The van der Waals surface area contributed by atoms with E-state index in [-0.39, 0.29) is 24.9 Å². The fourth-order valence-corrected chi connectivity index (χ4v) is 5.85. The summed E-state index contributed by atoms with van der Waals surface area (Å²) in [5.74, 6) is 0. The average molecular weight is 601 g/mol. The summed E-state index contributed by atoms with van der Waals surface area (Å²) in [4.78, 5) is 20.0. The van der Waals surface area contributed by atoms with Crippen LogP contribution in [0.1, 0.15) is 53.3 Å². The number of fused-ring (bicyclic) bond motifs is 8. The fourth-order valence-electron chi connectivity index (χ4n) is 5.41. The molecule has 6 heteroatoms. The van der Waals surface area contributed by atoms with E-state index in [1.54, 1.807) is 0 Å². The van der Waals surface area contributed by atoms with Crippen LogP contribution in [0.3, 0.4) is 0 Å². The van der Waals surface area contributed by atoms with E-state index >= 15 is 0 Å². The molecule has 0 saturated carbocycles. The molecule has 4 aromatic rings. The smallest absolute Gasteiger partial charge is 0.657 e. The van der Waals surface area contributed by atoms with E-state index in [0.717, 1.165) is 61.3 Å². The van der Waals surface area contributed by atoms with Gasteiger partial charge in [-0.1, -0.05) is 61.9 Å². The van der Waals surface area contributed by atoms with Crippen LogP contribution in [-0.2, 0) is 31.3 Å². The number of hydrogen-bond donors (Lipinski definition) is 0. The summed E-state index contributed by atoms with van der Waals surface area (Å²) in [6.07, 6.45) is 2.91. The van der Waals surface area contributed by atoms with Crippen molar-refractivity contribution in [3.63, 3.8) is 0 Å². The number of halogens is 1. The van der Waals surface area contributed by atoms with Crippen LogP contribution < -0.4 is 9.97 Å². The van der Waals surface area contributed by atoms with Crippen molar-refractivity contribution in [2.75, 3.05) is 0 Å². The summed E-state index contributed by atoms with van der Waals surface area (Å²) in [7, 11) is 0. The van der Waals surface area contributed by atoms with Crippen molar-refractivity contribution in [2.24, 2.45) is 0 Å². The van der Waals surface area contributed by atoms with E-state index in [1.807, 2.05) is 6.07 Å². The quantitative estimate of drug-likeness (QED) is 0.212. The van der Waals surface area contributed by atoms with Crippen molar-refractivity contribution >= 4 is 48.6 Å². The predicted octanol–water partition coefficient (Wildman–Crippen LogP) is 7.58. The van der Waals surface area contributed by atoms with Gasteiger partial charge in [0.15, 0.2) is 0 Å². The zero-order chi connectivity index (χ0) is 25.2. The first kappa shape index (κ1) is 25.8. The van der Waals surface area contributed by atoms with Gasteiger partial charge in [-0.2, -0.15) is 0 Å². The molecule has 0 spiro atoms. The van der Waals surface area contributed by atoms with Gasteiger partial charge < -0.3 is 9.97 Å². The Morgan fingerprint density at radius 2 is 1.41 bits per heavy atom. The number of nitrogens with zero attached hydrogens (tertiary/aromatic N) is 4. The maximum Gasteiger partial charge on any atom is 2.00 e. The monoisotopic (exact) mass is 598 g/mol. The summed E-state index contributed by atoms with van der Waals surface area (Å²) >= 11 is 3.70. The van der Waals surface area contributed by atoms with Crippen molar-refractivity contribution in [2.45, 2.75) is 46.5 Å². The topological polar surface area (TPSA) is 54.0 Å². The second kappa shape index (κ2) is 9.49. The Bertz CT molecular complexity index is 1720. The first-order valence-electron chi connectivity index (χ1n) is 12.2. The molecule has 8 bridgehead atoms. The third kappa shape index (κ3) is 4.78. The second-order valence-corrected chi connectivity index (χ2v) is 11.4. The molecule has 4 nitrogen and oxygen atoms in total. The van der Waals surface area contributed by atoms with Gasteiger partial charge in [-0.15, -0.1) is 22.1 Å². The summed E-state index contributed by atoms with van der Waals surface area (Å²) in [5.41, 5.74) is 13.3. The maximum absolute atomic E-state index is 5.06. The minimum absolute atomic E-state index is 0. The summed E-state index contributed by atoms with van der Waals surface area (Å²) in [6.45, 7) is 10.9.